The lowest BCUT2D eigenvalue weighted by atomic mass is 10.2. The molecule has 6 heteroatoms. The zero-order valence-electron chi connectivity index (χ0n) is 10.1. The van der Waals surface area contributed by atoms with Gasteiger partial charge in [-0.05, 0) is 36.4 Å². The maximum Gasteiger partial charge on any atom is 0.335 e. The highest BCUT2D eigenvalue weighted by atomic mass is 19.1. The molecule has 0 bridgehead atoms. The highest BCUT2D eigenvalue weighted by Gasteiger charge is 2.13. The predicted molar refractivity (Wildman–Crippen MR) is 70.8 cm³/mol. The monoisotopic (exact) mass is 272 g/mol. The molecule has 20 heavy (non-hydrogen) atoms. The lowest BCUT2D eigenvalue weighted by Crippen LogP contribution is -2.15. The third kappa shape index (κ3) is 1.78. The molecule has 0 aliphatic rings. The van der Waals surface area contributed by atoms with Crippen molar-refractivity contribution in [3.05, 3.63) is 64.3 Å². The first-order valence-electron chi connectivity index (χ1n) is 5.81. The minimum Gasteiger partial charge on any atom is -0.478 e. The Bertz CT molecular complexity index is 862. The van der Waals surface area contributed by atoms with E-state index in [4.69, 9.17) is 5.11 Å². The molecular formula is C14H9FN2O3. The minimum absolute atomic E-state index is 0.0992. The van der Waals surface area contributed by atoms with E-state index in [1.54, 1.807) is 6.07 Å². The Balaban J connectivity index is 2.26. The van der Waals surface area contributed by atoms with Crippen LogP contribution in [0.2, 0.25) is 0 Å². The molecule has 0 atom stereocenters. The third-order valence-corrected chi connectivity index (χ3v) is 3.03. The van der Waals surface area contributed by atoms with Crippen LogP contribution in [0.4, 0.5) is 4.39 Å². The number of carbonyl (C=O) groups is 1. The second kappa shape index (κ2) is 4.34. The molecule has 0 unspecified atom stereocenters. The number of rotatable bonds is 2. The van der Waals surface area contributed by atoms with E-state index >= 15 is 0 Å². The van der Waals surface area contributed by atoms with Gasteiger partial charge in [0.25, 0.3) is 0 Å². The number of imidazole rings is 1. The van der Waals surface area contributed by atoms with Crippen molar-refractivity contribution < 1.29 is 14.3 Å². The Labute approximate surface area is 111 Å². The maximum absolute atomic E-state index is 13.9. The summed E-state index contributed by atoms with van der Waals surface area (Å²) < 4.78 is 15.1. The summed E-state index contributed by atoms with van der Waals surface area (Å²) in [6, 6.07) is 10.0. The molecule has 1 aromatic heterocycles. The average Bonchev–Trinajstić information content (AvgIpc) is 2.76. The van der Waals surface area contributed by atoms with Gasteiger partial charge < -0.3 is 10.1 Å². The van der Waals surface area contributed by atoms with Crippen LogP contribution < -0.4 is 5.69 Å². The number of carboxylic acid groups (broad SMARTS) is 1. The highest BCUT2D eigenvalue weighted by molar-refractivity contribution is 5.88. The molecule has 0 saturated heterocycles. The van der Waals surface area contributed by atoms with Gasteiger partial charge in [0.15, 0.2) is 0 Å². The van der Waals surface area contributed by atoms with Crippen molar-refractivity contribution in [1.82, 2.24) is 9.55 Å². The van der Waals surface area contributed by atoms with Crippen LogP contribution in [0, 0.1) is 5.82 Å². The predicted octanol–water partition coefficient (Wildman–Crippen LogP) is 2.16. The fraction of sp³-hybridized carbons (Fsp3) is 0. The Hall–Kier alpha value is -2.89. The molecular weight excluding hydrogens is 263 g/mol. The molecule has 0 aliphatic carbocycles. The van der Waals surface area contributed by atoms with Crippen LogP contribution in [0.3, 0.4) is 0 Å². The molecule has 3 aromatic rings. The Morgan fingerprint density at radius 2 is 1.85 bits per heavy atom. The number of halogens is 1. The number of nitrogens with one attached hydrogen (secondary N) is 1. The molecule has 5 nitrogen and oxygen atoms in total. The molecule has 1 heterocycles. The van der Waals surface area contributed by atoms with Gasteiger partial charge in [-0.3, -0.25) is 4.57 Å². The summed E-state index contributed by atoms with van der Waals surface area (Å²) in [5, 5.41) is 8.84. The number of fused-ring (bicyclic) bond motifs is 1. The van der Waals surface area contributed by atoms with E-state index in [2.05, 4.69) is 4.98 Å². The van der Waals surface area contributed by atoms with Gasteiger partial charge >= 0.3 is 11.7 Å². The number of nitrogens with zero attached hydrogens (tertiary/aromatic N) is 1. The Morgan fingerprint density at radius 3 is 2.50 bits per heavy atom. The van der Waals surface area contributed by atoms with Gasteiger partial charge in [0, 0.05) is 0 Å². The molecule has 0 spiro atoms. The molecule has 2 aromatic carbocycles. The summed E-state index contributed by atoms with van der Waals surface area (Å²) in [7, 11) is 0. The average molecular weight is 272 g/mol. The van der Waals surface area contributed by atoms with Gasteiger partial charge in [0.05, 0.1) is 16.8 Å². The SMILES string of the molecule is O=C(O)c1ccc(-n2c(=O)[nH]c3cccc(F)c32)cc1. The third-order valence-electron chi connectivity index (χ3n) is 3.03. The van der Waals surface area contributed by atoms with Crippen LogP contribution in [0.15, 0.2) is 47.3 Å². The van der Waals surface area contributed by atoms with E-state index in [1.165, 1.54) is 41.0 Å². The Kier molecular flexibility index (Phi) is 2.64. The van der Waals surface area contributed by atoms with E-state index in [9.17, 15) is 14.0 Å². The van der Waals surface area contributed by atoms with Crippen LogP contribution >= 0.6 is 0 Å². The van der Waals surface area contributed by atoms with Crippen molar-refractivity contribution in [1.29, 1.82) is 0 Å². The molecule has 0 amide bonds. The van der Waals surface area contributed by atoms with Crippen LogP contribution in [0.1, 0.15) is 10.4 Å². The van der Waals surface area contributed by atoms with Crippen LogP contribution in [-0.4, -0.2) is 20.6 Å². The molecule has 0 saturated carbocycles. The summed E-state index contributed by atoms with van der Waals surface area (Å²) >= 11 is 0. The first-order valence-corrected chi connectivity index (χ1v) is 5.81. The zero-order chi connectivity index (χ0) is 14.3. The smallest absolute Gasteiger partial charge is 0.335 e. The standard InChI is InChI=1S/C14H9FN2O3/c15-10-2-1-3-11-12(10)17(14(20)16-11)9-6-4-8(5-7-9)13(18)19/h1-7H,(H,16,20)(H,18,19). The number of aromatic nitrogens is 2. The van der Waals surface area contributed by atoms with Crippen LogP contribution in [0.5, 0.6) is 0 Å². The summed E-state index contributed by atoms with van der Waals surface area (Å²) in [6.07, 6.45) is 0. The first-order chi connectivity index (χ1) is 9.58. The number of benzene rings is 2. The van der Waals surface area contributed by atoms with Crippen LogP contribution in [0.25, 0.3) is 16.7 Å². The molecule has 0 radical (unpaired) electrons. The van der Waals surface area contributed by atoms with Gasteiger partial charge in [-0.15, -0.1) is 0 Å². The molecule has 0 aliphatic heterocycles. The molecule has 0 fully saturated rings. The van der Waals surface area contributed by atoms with Crippen molar-refractivity contribution in [2.75, 3.05) is 0 Å². The van der Waals surface area contributed by atoms with E-state index < -0.39 is 17.5 Å². The summed E-state index contributed by atoms with van der Waals surface area (Å²) in [5.74, 6) is -1.59. The maximum atomic E-state index is 13.9. The summed E-state index contributed by atoms with van der Waals surface area (Å²) in [5.41, 5.74) is 0.546. The van der Waals surface area contributed by atoms with Gasteiger partial charge in [-0.1, -0.05) is 6.07 Å². The Morgan fingerprint density at radius 1 is 1.15 bits per heavy atom. The number of para-hydroxylation sites is 1. The van der Waals surface area contributed by atoms with Crippen LogP contribution in [-0.2, 0) is 0 Å². The minimum atomic E-state index is -1.06. The number of hydrogen-bond donors (Lipinski definition) is 2. The first kappa shape index (κ1) is 12.2. The van der Waals surface area contributed by atoms with Gasteiger partial charge in [-0.2, -0.15) is 0 Å². The highest BCUT2D eigenvalue weighted by Crippen LogP contribution is 2.18. The number of hydrogen-bond acceptors (Lipinski definition) is 2. The quantitative estimate of drug-likeness (QED) is 0.750. The summed E-state index contributed by atoms with van der Waals surface area (Å²) in [6.45, 7) is 0. The van der Waals surface area contributed by atoms with E-state index in [0.717, 1.165) is 0 Å². The number of aromatic carboxylic acids is 1. The van der Waals surface area contributed by atoms with Crippen molar-refractivity contribution in [2.24, 2.45) is 0 Å². The van der Waals surface area contributed by atoms with Gasteiger partial charge in [0.2, 0.25) is 0 Å². The fourth-order valence-electron chi connectivity index (χ4n) is 2.12. The van der Waals surface area contributed by atoms with Crippen molar-refractivity contribution >= 4 is 17.0 Å². The summed E-state index contributed by atoms with van der Waals surface area (Å²) in [4.78, 5) is 25.3. The van der Waals surface area contributed by atoms with Crippen molar-refractivity contribution in [3.63, 3.8) is 0 Å². The number of carboxylic acids is 1. The number of aromatic amines is 1. The fourth-order valence-corrected chi connectivity index (χ4v) is 2.12. The lowest BCUT2D eigenvalue weighted by Gasteiger charge is -2.04. The lowest BCUT2D eigenvalue weighted by molar-refractivity contribution is 0.0697. The van der Waals surface area contributed by atoms with E-state index in [0.29, 0.717) is 11.2 Å². The topological polar surface area (TPSA) is 75.1 Å². The van der Waals surface area contributed by atoms with Gasteiger partial charge in [-0.25, -0.2) is 14.0 Å². The molecule has 100 valence electrons. The van der Waals surface area contributed by atoms with Crippen molar-refractivity contribution in [2.45, 2.75) is 0 Å². The molecule has 3 rings (SSSR count). The zero-order valence-corrected chi connectivity index (χ0v) is 10.1. The normalized spacial score (nSPS) is 10.8. The molecule has 2 N–H and O–H groups in total. The second-order valence-electron chi connectivity index (χ2n) is 4.25. The van der Waals surface area contributed by atoms with E-state index in [1.807, 2.05) is 0 Å². The van der Waals surface area contributed by atoms with Crippen molar-refractivity contribution in [3.8, 4) is 5.69 Å². The van der Waals surface area contributed by atoms with Gasteiger partial charge in [0.1, 0.15) is 11.3 Å². The largest absolute Gasteiger partial charge is 0.478 e. The van der Waals surface area contributed by atoms with E-state index in [-0.39, 0.29) is 11.1 Å². The second-order valence-corrected chi connectivity index (χ2v) is 4.25. The number of H-pyrrole nitrogens is 1.